The molecule has 8 nitrogen and oxygen atoms in total. The van der Waals surface area contributed by atoms with Crippen molar-refractivity contribution in [1.82, 2.24) is 0 Å². The fourth-order valence-corrected chi connectivity index (χ4v) is 0. The van der Waals surface area contributed by atoms with Crippen LogP contribution in [0.15, 0.2) is 0 Å². The van der Waals surface area contributed by atoms with E-state index in [4.69, 9.17) is 38.5 Å². The third-order valence-corrected chi connectivity index (χ3v) is 0. The first-order chi connectivity index (χ1) is 4.00. The van der Waals surface area contributed by atoms with Gasteiger partial charge in [-0.05, 0) is 0 Å². The summed E-state index contributed by atoms with van der Waals surface area (Å²) in [7, 11) is -10.8. The maximum Gasteiger partial charge on any atom is 2.00 e. The van der Waals surface area contributed by atoms with E-state index in [9.17, 15) is 0 Å². The molecule has 0 N–H and O–H groups in total. The number of rotatable bonds is 0. The van der Waals surface area contributed by atoms with Crippen molar-refractivity contribution in [2.45, 2.75) is 0 Å². The molecule has 0 heterocycles. The second-order valence-corrected chi connectivity index (χ2v) is 2.68. The maximum atomic E-state index is 8.55. The van der Waals surface area contributed by atoms with Gasteiger partial charge in [0.1, 0.15) is 0 Å². The Bertz CT molecular complexity index is 134. The van der Waals surface area contributed by atoms with Crippen LogP contribution in [0.4, 0.5) is 0 Å². The predicted octanol–water partition coefficient (Wildman–Crippen LogP) is -6.41. The molecule has 0 aromatic heterocycles. The molecule has 0 saturated carbocycles. The molecule has 70 valence electrons. The number of hydrogen-bond acceptors (Lipinski definition) is 8. The molecule has 0 unspecified atom stereocenters. The van der Waals surface area contributed by atoms with Crippen molar-refractivity contribution in [3.05, 3.63) is 0 Å². The molecule has 0 amide bonds. The van der Waals surface area contributed by atoms with E-state index in [2.05, 4.69) is 0 Å². The van der Waals surface area contributed by atoms with Crippen LogP contribution in [0, 0.1) is 0 Å². The normalized spacial score (nSPS) is 9.08. The Labute approximate surface area is 130 Å². The summed E-state index contributed by atoms with van der Waals surface area (Å²) in [6, 6.07) is 0. The summed E-state index contributed by atoms with van der Waals surface area (Å²) in [4.78, 5) is 51.3. The predicted molar refractivity (Wildman–Crippen MR) is 26.7 cm³/mol. The molecule has 13 heavy (non-hydrogen) atoms. The van der Waals surface area contributed by atoms with Gasteiger partial charge in [-0.1, -0.05) is 0 Å². The van der Waals surface area contributed by atoms with Crippen molar-refractivity contribution in [3.8, 4) is 0 Å². The molecule has 0 spiro atoms. The third kappa shape index (κ3) is 315. The van der Waals surface area contributed by atoms with Crippen molar-refractivity contribution < 1.29 is 55.6 Å². The number of phosphoric acid groups is 2. The average molecular weight is 310 g/mol. The minimum atomic E-state index is -5.39. The van der Waals surface area contributed by atoms with Crippen molar-refractivity contribution in [2.75, 3.05) is 0 Å². The van der Waals surface area contributed by atoms with Crippen LogP contribution in [0.5, 0.6) is 0 Å². The van der Waals surface area contributed by atoms with Crippen LogP contribution in [-0.4, -0.2) is 60.8 Å². The number of hydrogen-bond donors (Lipinski definition) is 0. The van der Waals surface area contributed by atoms with Crippen LogP contribution in [0.25, 0.3) is 0 Å². The minimum absolute atomic E-state index is 0. The van der Waals surface area contributed by atoms with Crippen molar-refractivity contribution in [1.29, 1.82) is 0 Å². The first-order valence-electron chi connectivity index (χ1n) is 1.46. The molecule has 0 fully saturated rings. The summed E-state index contributed by atoms with van der Waals surface area (Å²) in [6.07, 6.45) is 0. The standard InChI is InChI=1S/Ca.Fe.Mg.2H3O4P/c;;;2*1-5(2,3)4/h;;;2*(H3,1,2,3,4)/q3*+2;;/p-6. The minimum Gasteiger partial charge on any atom is -0.822 e. The van der Waals surface area contributed by atoms with E-state index in [0.29, 0.717) is 0 Å². The molecule has 0 aromatic carbocycles. The van der Waals surface area contributed by atoms with E-state index in [1.165, 1.54) is 0 Å². The SMILES string of the molecule is O=P([O-])([O-])[O-].O=P([O-])([O-])[O-].[Ca+2].[Fe+2].[Mg+2]. The van der Waals surface area contributed by atoms with Crippen LogP contribution in [-0.2, 0) is 26.2 Å². The van der Waals surface area contributed by atoms with Gasteiger partial charge in [0.25, 0.3) is 0 Å². The van der Waals surface area contributed by atoms with Gasteiger partial charge >= 0.3 is 77.9 Å². The summed E-state index contributed by atoms with van der Waals surface area (Å²) >= 11 is 0. The molecule has 13 heteroatoms. The molecule has 0 aromatic rings. The summed E-state index contributed by atoms with van der Waals surface area (Å²) in [5.74, 6) is 0. The molecule has 0 saturated heterocycles. The Morgan fingerprint density at radius 1 is 0.692 bits per heavy atom. The van der Waals surface area contributed by atoms with Gasteiger partial charge in [0, 0.05) is 0 Å². The van der Waals surface area contributed by atoms with Gasteiger partial charge in [0.15, 0.2) is 0 Å². The van der Waals surface area contributed by atoms with Gasteiger partial charge in [0.2, 0.25) is 0 Å². The van der Waals surface area contributed by atoms with Crippen LogP contribution < -0.4 is 29.4 Å². The smallest absolute Gasteiger partial charge is 0.822 e. The van der Waals surface area contributed by atoms with Gasteiger partial charge in [-0.3, -0.25) is 0 Å². The summed E-state index contributed by atoms with van der Waals surface area (Å²) in [5.41, 5.74) is 0. The zero-order chi connectivity index (χ0) is 9.00. The second kappa shape index (κ2) is 12.8. The molecule has 0 aliphatic rings. The Kier molecular flexibility index (Phi) is 29.3. The van der Waals surface area contributed by atoms with E-state index in [-0.39, 0.29) is 77.9 Å². The first kappa shape index (κ1) is 29.7. The van der Waals surface area contributed by atoms with Crippen LogP contribution in [0.2, 0.25) is 0 Å². The van der Waals surface area contributed by atoms with Crippen LogP contribution in [0.1, 0.15) is 0 Å². The summed E-state index contributed by atoms with van der Waals surface area (Å²) in [5, 5.41) is 0. The molecule has 0 aliphatic heterocycles. The van der Waals surface area contributed by atoms with Crippen molar-refractivity contribution >= 4 is 76.4 Å². The van der Waals surface area contributed by atoms with E-state index in [0.717, 1.165) is 0 Å². The van der Waals surface area contributed by atoms with Gasteiger partial charge in [-0.25, -0.2) is 0 Å². The zero-order valence-corrected chi connectivity index (χ0v) is 12.4. The molecule has 0 atom stereocenters. The molecular formula is CaFeMgO8P2. The van der Waals surface area contributed by atoms with Gasteiger partial charge in [-0.15, -0.1) is 0 Å². The molecule has 0 rings (SSSR count). The Morgan fingerprint density at radius 3 is 0.692 bits per heavy atom. The quantitative estimate of drug-likeness (QED) is 0.313. The Morgan fingerprint density at radius 2 is 0.692 bits per heavy atom. The fourth-order valence-electron chi connectivity index (χ4n) is 0. The largest absolute Gasteiger partial charge is 2.00 e. The van der Waals surface area contributed by atoms with E-state index in [1.54, 1.807) is 0 Å². The van der Waals surface area contributed by atoms with Gasteiger partial charge in [-0.2, -0.15) is 15.6 Å². The first-order valence-corrected chi connectivity index (χ1v) is 4.38. The van der Waals surface area contributed by atoms with E-state index in [1.807, 2.05) is 0 Å². The average Bonchev–Trinajstić information content (AvgIpc) is 1.12. The molecule has 0 aliphatic carbocycles. The van der Waals surface area contributed by atoms with Crippen LogP contribution >= 0.6 is 15.6 Å². The van der Waals surface area contributed by atoms with Crippen molar-refractivity contribution in [2.24, 2.45) is 0 Å². The van der Waals surface area contributed by atoms with E-state index >= 15 is 0 Å². The topological polar surface area (TPSA) is 172 Å². The third-order valence-electron chi connectivity index (χ3n) is 0. The van der Waals surface area contributed by atoms with Crippen molar-refractivity contribution in [3.63, 3.8) is 0 Å². The second-order valence-electron chi connectivity index (χ2n) is 0.894. The van der Waals surface area contributed by atoms with Gasteiger partial charge in [0.05, 0.1) is 0 Å². The Hall–Kier alpha value is 2.77. The van der Waals surface area contributed by atoms with Gasteiger partial charge < -0.3 is 38.5 Å². The summed E-state index contributed by atoms with van der Waals surface area (Å²) in [6.45, 7) is 0. The zero-order valence-electron chi connectivity index (χ0n) is 5.93. The monoisotopic (exact) mass is 310 g/mol. The molecule has 0 radical (unpaired) electrons. The fraction of sp³-hybridized carbons (Fsp3) is 0. The summed E-state index contributed by atoms with van der Waals surface area (Å²) < 4.78 is 17.1. The Balaban J connectivity index is -0.0000000267. The molecular weight excluding hydrogens is 310 g/mol. The molecule has 0 bridgehead atoms. The maximum absolute atomic E-state index is 8.55. The van der Waals surface area contributed by atoms with Crippen LogP contribution in [0.3, 0.4) is 0 Å². The van der Waals surface area contributed by atoms with E-state index < -0.39 is 15.6 Å².